The molecule has 0 aliphatic heterocycles. The molecule has 0 atom stereocenters. The summed E-state index contributed by atoms with van der Waals surface area (Å²) in [5, 5.41) is 0. The maximum atomic E-state index is 5.65. The van der Waals surface area contributed by atoms with E-state index in [2.05, 4.69) is 18.8 Å². The van der Waals surface area contributed by atoms with Crippen LogP contribution in [0.1, 0.15) is 12.5 Å². The van der Waals surface area contributed by atoms with Crippen LogP contribution in [0.25, 0.3) is 0 Å². The van der Waals surface area contributed by atoms with Gasteiger partial charge in [-0.3, -0.25) is 0 Å². The van der Waals surface area contributed by atoms with Crippen molar-refractivity contribution in [3.05, 3.63) is 42.2 Å². The van der Waals surface area contributed by atoms with E-state index in [1.165, 1.54) is 5.56 Å². The van der Waals surface area contributed by atoms with E-state index in [-0.39, 0.29) is 0 Å². The molecule has 0 radical (unpaired) electrons. The second-order valence-electron chi connectivity index (χ2n) is 3.41. The fourth-order valence-electron chi connectivity index (χ4n) is 1.35. The van der Waals surface area contributed by atoms with Crippen molar-refractivity contribution in [2.75, 3.05) is 0 Å². The number of benzene rings is 1. The molecule has 0 amide bonds. The molecule has 0 unspecified atom stereocenters. The lowest BCUT2D eigenvalue weighted by Crippen LogP contribution is -1.96. The van der Waals surface area contributed by atoms with Crippen LogP contribution in [0.2, 0.25) is 0 Å². The third kappa shape index (κ3) is 2.18. The van der Waals surface area contributed by atoms with E-state index in [0.717, 1.165) is 12.3 Å². The summed E-state index contributed by atoms with van der Waals surface area (Å²) in [4.78, 5) is 4.15. The average molecular weight is 202 g/mol. The normalized spacial score (nSPS) is 10.3. The Morgan fingerprint density at radius 2 is 2.00 bits per heavy atom. The predicted molar refractivity (Wildman–Crippen MR) is 59.2 cm³/mol. The van der Waals surface area contributed by atoms with Crippen LogP contribution in [0, 0.1) is 6.92 Å². The van der Waals surface area contributed by atoms with E-state index >= 15 is 0 Å². The van der Waals surface area contributed by atoms with Crippen LogP contribution in [0.3, 0.4) is 0 Å². The maximum absolute atomic E-state index is 5.65. The van der Waals surface area contributed by atoms with Crippen LogP contribution in [0.15, 0.2) is 36.7 Å². The topological polar surface area (TPSA) is 27.1 Å². The van der Waals surface area contributed by atoms with Gasteiger partial charge in [-0.2, -0.15) is 0 Å². The van der Waals surface area contributed by atoms with E-state index in [1.54, 1.807) is 6.20 Å². The van der Waals surface area contributed by atoms with Gasteiger partial charge in [0.1, 0.15) is 5.75 Å². The highest BCUT2D eigenvalue weighted by Crippen LogP contribution is 2.19. The van der Waals surface area contributed by atoms with Crippen molar-refractivity contribution in [2.45, 2.75) is 20.4 Å². The van der Waals surface area contributed by atoms with Crippen molar-refractivity contribution in [1.82, 2.24) is 9.55 Å². The molecule has 2 aromatic rings. The second kappa shape index (κ2) is 4.17. The lowest BCUT2D eigenvalue weighted by molar-refractivity contribution is 0.415. The van der Waals surface area contributed by atoms with Gasteiger partial charge < -0.3 is 9.30 Å². The van der Waals surface area contributed by atoms with Crippen LogP contribution < -0.4 is 4.74 Å². The number of aryl methyl sites for hydroxylation is 2. The molecule has 0 spiro atoms. The highest BCUT2D eigenvalue weighted by Gasteiger charge is 2.02. The Balaban J connectivity index is 2.18. The monoisotopic (exact) mass is 202 g/mol. The highest BCUT2D eigenvalue weighted by molar-refractivity contribution is 5.28. The quantitative estimate of drug-likeness (QED) is 0.765. The minimum atomic E-state index is 0.640. The molecule has 78 valence electrons. The smallest absolute Gasteiger partial charge is 0.301 e. The molecule has 0 saturated carbocycles. The molecule has 0 bridgehead atoms. The average Bonchev–Trinajstić information content (AvgIpc) is 2.69. The third-order valence-corrected chi connectivity index (χ3v) is 2.25. The SMILES string of the molecule is CCn1ccnc1Oc1ccc(C)cc1. The van der Waals surface area contributed by atoms with Gasteiger partial charge in [0.05, 0.1) is 0 Å². The number of imidazole rings is 1. The number of rotatable bonds is 3. The first-order chi connectivity index (χ1) is 7.29. The minimum Gasteiger partial charge on any atom is -0.426 e. The molecule has 0 fully saturated rings. The van der Waals surface area contributed by atoms with Crippen LogP contribution in [0.5, 0.6) is 11.8 Å². The van der Waals surface area contributed by atoms with Gasteiger partial charge in [-0.1, -0.05) is 17.7 Å². The van der Waals surface area contributed by atoms with Gasteiger partial charge in [0.25, 0.3) is 0 Å². The Kier molecular flexibility index (Phi) is 2.72. The summed E-state index contributed by atoms with van der Waals surface area (Å²) in [6.45, 7) is 4.97. The Bertz CT molecular complexity index is 431. The zero-order chi connectivity index (χ0) is 10.7. The van der Waals surface area contributed by atoms with Crippen LogP contribution >= 0.6 is 0 Å². The summed E-state index contributed by atoms with van der Waals surface area (Å²) < 4.78 is 7.61. The van der Waals surface area contributed by atoms with E-state index in [1.807, 2.05) is 35.0 Å². The van der Waals surface area contributed by atoms with Gasteiger partial charge in [-0.25, -0.2) is 4.98 Å². The van der Waals surface area contributed by atoms with Crippen LogP contribution in [0.4, 0.5) is 0 Å². The molecule has 3 heteroatoms. The molecular formula is C12H14N2O. The van der Waals surface area contributed by atoms with Gasteiger partial charge in [0.15, 0.2) is 0 Å². The van der Waals surface area contributed by atoms with Gasteiger partial charge in [-0.05, 0) is 26.0 Å². The van der Waals surface area contributed by atoms with Crippen LogP contribution in [-0.4, -0.2) is 9.55 Å². The number of hydrogen-bond acceptors (Lipinski definition) is 2. The van der Waals surface area contributed by atoms with Crippen molar-refractivity contribution in [1.29, 1.82) is 0 Å². The second-order valence-corrected chi connectivity index (χ2v) is 3.41. The first-order valence-corrected chi connectivity index (χ1v) is 5.05. The summed E-state index contributed by atoms with van der Waals surface area (Å²) in [6.07, 6.45) is 3.65. The largest absolute Gasteiger partial charge is 0.426 e. The summed E-state index contributed by atoms with van der Waals surface area (Å²) >= 11 is 0. The predicted octanol–water partition coefficient (Wildman–Crippen LogP) is 3.00. The molecule has 0 saturated heterocycles. The van der Waals surface area contributed by atoms with Crippen molar-refractivity contribution >= 4 is 0 Å². The summed E-state index contributed by atoms with van der Waals surface area (Å²) in [5.74, 6) is 0.821. The molecule has 1 aromatic carbocycles. The molecule has 0 N–H and O–H groups in total. The van der Waals surface area contributed by atoms with E-state index in [0.29, 0.717) is 6.01 Å². The van der Waals surface area contributed by atoms with Crippen molar-refractivity contribution in [3.8, 4) is 11.8 Å². The lowest BCUT2D eigenvalue weighted by Gasteiger charge is -2.06. The zero-order valence-electron chi connectivity index (χ0n) is 8.97. The zero-order valence-corrected chi connectivity index (χ0v) is 8.97. The summed E-state index contributed by atoms with van der Waals surface area (Å²) in [7, 11) is 0. The number of hydrogen-bond donors (Lipinski definition) is 0. The number of nitrogens with zero attached hydrogens (tertiary/aromatic N) is 2. The van der Waals surface area contributed by atoms with Gasteiger partial charge in [0.2, 0.25) is 0 Å². The third-order valence-electron chi connectivity index (χ3n) is 2.25. The Morgan fingerprint density at radius 1 is 1.27 bits per heavy atom. The fourth-order valence-corrected chi connectivity index (χ4v) is 1.35. The van der Waals surface area contributed by atoms with Crippen molar-refractivity contribution in [3.63, 3.8) is 0 Å². The van der Waals surface area contributed by atoms with Crippen molar-refractivity contribution < 1.29 is 4.74 Å². The fraction of sp³-hybridized carbons (Fsp3) is 0.250. The first-order valence-electron chi connectivity index (χ1n) is 5.05. The van der Waals surface area contributed by atoms with Crippen LogP contribution in [-0.2, 0) is 6.54 Å². The molecule has 0 aliphatic carbocycles. The molecule has 1 heterocycles. The Hall–Kier alpha value is -1.77. The summed E-state index contributed by atoms with van der Waals surface area (Å²) in [5.41, 5.74) is 1.22. The first kappa shape index (κ1) is 9.77. The lowest BCUT2D eigenvalue weighted by atomic mass is 10.2. The summed E-state index contributed by atoms with van der Waals surface area (Å²) in [6, 6.07) is 8.58. The Morgan fingerprint density at radius 3 is 2.67 bits per heavy atom. The van der Waals surface area contributed by atoms with E-state index in [4.69, 9.17) is 4.74 Å². The molecule has 2 rings (SSSR count). The van der Waals surface area contributed by atoms with E-state index < -0.39 is 0 Å². The number of ether oxygens (including phenoxy) is 1. The van der Waals surface area contributed by atoms with E-state index in [9.17, 15) is 0 Å². The van der Waals surface area contributed by atoms with Crippen molar-refractivity contribution in [2.24, 2.45) is 0 Å². The molecule has 3 nitrogen and oxygen atoms in total. The standard InChI is InChI=1S/C12H14N2O/c1-3-14-9-8-13-12(14)15-11-6-4-10(2)5-7-11/h4-9H,3H2,1-2H3. The highest BCUT2D eigenvalue weighted by atomic mass is 16.5. The molecule has 0 aliphatic rings. The molecule has 15 heavy (non-hydrogen) atoms. The van der Waals surface area contributed by atoms with Gasteiger partial charge in [0, 0.05) is 18.9 Å². The minimum absolute atomic E-state index is 0.640. The number of aromatic nitrogens is 2. The molecular weight excluding hydrogens is 188 g/mol. The molecule has 1 aromatic heterocycles. The maximum Gasteiger partial charge on any atom is 0.301 e. The Labute approximate surface area is 89.3 Å². The van der Waals surface area contributed by atoms with Gasteiger partial charge >= 0.3 is 6.01 Å². The van der Waals surface area contributed by atoms with Gasteiger partial charge in [-0.15, -0.1) is 0 Å².